The molecule has 1 saturated heterocycles. The number of carboxylic acids is 2. The fourth-order valence-electron chi connectivity index (χ4n) is 3.50. The van der Waals surface area contributed by atoms with Gasteiger partial charge in [0, 0.05) is 31.9 Å². The van der Waals surface area contributed by atoms with Gasteiger partial charge in [-0.2, -0.15) is 13.2 Å². The molecule has 0 saturated carbocycles. The number of nitrogens with one attached hydrogen (secondary N) is 1. The van der Waals surface area contributed by atoms with Crippen LogP contribution < -0.4 is 14.5 Å². The molecule has 2 heterocycles. The highest BCUT2D eigenvalue weighted by Gasteiger charge is 2.38. The summed E-state index contributed by atoms with van der Waals surface area (Å²) >= 11 is 1.09. The molecule has 2 aromatic carbocycles. The summed E-state index contributed by atoms with van der Waals surface area (Å²) < 4.78 is 73.1. The van der Waals surface area contributed by atoms with Gasteiger partial charge in [-0.15, -0.1) is 11.3 Å². The van der Waals surface area contributed by atoms with Crippen LogP contribution in [0.5, 0.6) is 0 Å². The summed E-state index contributed by atoms with van der Waals surface area (Å²) in [6.45, 7) is 2.50. The van der Waals surface area contributed by atoms with Gasteiger partial charge in [0.2, 0.25) is 0 Å². The molecule has 0 amide bonds. The van der Waals surface area contributed by atoms with Crippen molar-refractivity contribution in [1.29, 1.82) is 0 Å². The minimum atomic E-state index is -5.08. The minimum Gasteiger partial charge on any atom is -0.478 e. The van der Waals surface area contributed by atoms with Crippen molar-refractivity contribution in [3.05, 3.63) is 71.4 Å². The highest BCUT2D eigenvalue weighted by molar-refractivity contribution is 7.94. The van der Waals surface area contributed by atoms with Gasteiger partial charge < -0.3 is 20.0 Å². The summed E-state index contributed by atoms with van der Waals surface area (Å²) in [4.78, 5) is 24.5. The Bertz CT molecular complexity index is 1370. The van der Waals surface area contributed by atoms with E-state index >= 15 is 0 Å². The van der Waals surface area contributed by atoms with Gasteiger partial charge >= 0.3 is 18.1 Å². The Hall–Kier alpha value is -3.85. The molecule has 0 aliphatic carbocycles. The number of alkyl halides is 3. The first-order valence-electron chi connectivity index (χ1n) is 10.8. The highest BCUT2D eigenvalue weighted by Crippen LogP contribution is 2.32. The van der Waals surface area contributed by atoms with E-state index in [4.69, 9.17) is 9.90 Å². The second-order valence-corrected chi connectivity index (χ2v) is 10.7. The topological polar surface area (TPSA) is 127 Å². The number of thiophene rings is 1. The van der Waals surface area contributed by atoms with E-state index in [2.05, 4.69) is 9.62 Å². The highest BCUT2D eigenvalue weighted by atomic mass is 32.2. The van der Waals surface area contributed by atoms with E-state index in [1.165, 1.54) is 30.3 Å². The van der Waals surface area contributed by atoms with Crippen LogP contribution in [0.2, 0.25) is 0 Å². The van der Waals surface area contributed by atoms with Crippen LogP contribution in [0.1, 0.15) is 10.4 Å². The molecule has 3 aromatic rings. The Morgan fingerprint density at radius 2 is 1.50 bits per heavy atom. The van der Waals surface area contributed by atoms with Crippen LogP contribution in [-0.2, 0) is 14.8 Å². The van der Waals surface area contributed by atoms with Gasteiger partial charge in [0.05, 0.1) is 16.9 Å². The number of carbonyl (C=O) groups is 2. The van der Waals surface area contributed by atoms with Crippen molar-refractivity contribution in [3.8, 4) is 0 Å². The largest absolute Gasteiger partial charge is 0.490 e. The maximum absolute atomic E-state index is 13.2. The van der Waals surface area contributed by atoms with E-state index in [1.807, 2.05) is 4.90 Å². The molecule has 204 valence electrons. The molecule has 1 aliphatic heterocycles. The summed E-state index contributed by atoms with van der Waals surface area (Å²) in [6.07, 6.45) is -5.08. The Labute approximate surface area is 218 Å². The predicted molar refractivity (Wildman–Crippen MR) is 133 cm³/mol. The summed E-state index contributed by atoms with van der Waals surface area (Å²) in [5.74, 6) is -4.18. The van der Waals surface area contributed by atoms with E-state index in [-0.39, 0.29) is 21.3 Å². The van der Waals surface area contributed by atoms with Crippen LogP contribution in [-0.4, -0.2) is 62.9 Å². The number of aliphatic carboxylic acids is 1. The molecule has 0 bridgehead atoms. The smallest absolute Gasteiger partial charge is 0.478 e. The molecule has 9 nitrogen and oxygen atoms in total. The fraction of sp³-hybridized carbons (Fsp3) is 0.217. The third-order valence-corrected chi connectivity index (χ3v) is 8.07. The van der Waals surface area contributed by atoms with E-state index in [0.717, 1.165) is 17.0 Å². The molecule has 1 aliphatic rings. The van der Waals surface area contributed by atoms with Crippen LogP contribution in [0, 0.1) is 5.82 Å². The quantitative estimate of drug-likeness (QED) is 0.371. The maximum Gasteiger partial charge on any atom is 0.490 e. The lowest BCUT2D eigenvalue weighted by atomic mass is 10.1. The molecule has 3 N–H and O–H groups in total. The van der Waals surface area contributed by atoms with Crippen molar-refractivity contribution in [2.45, 2.75) is 10.4 Å². The Morgan fingerprint density at radius 1 is 0.921 bits per heavy atom. The molecular weight excluding hydrogens is 554 g/mol. The van der Waals surface area contributed by atoms with Crippen LogP contribution >= 0.6 is 11.3 Å². The van der Waals surface area contributed by atoms with Gasteiger partial charge in [-0.05, 0) is 53.9 Å². The van der Waals surface area contributed by atoms with Gasteiger partial charge in [0.15, 0.2) is 0 Å². The average molecular weight is 576 g/mol. The van der Waals surface area contributed by atoms with Crippen molar-refractivity contribution in [1.82, 2.24) is 0 Å². The lowest BCUT2D eigenvalue weighted by molar-refractivity contribution is -0.192. The first-order chi connectivity index (χ1) is 17.8. The zero-order chi connectivity index (χ0) is 28.1. The number of hydrogen-bond donors (Lipinski definition) is 3. The van der Waals surface area contributed by atoms with E-state index in [0.29, 0.717) is 31.9 Å². The van der Waals surface area contributed by atoms with Gasteiger partial charge in [0.25, 0.3) is 10.0 Å². The van der Waals surface area contributed by atoms with Crippen molar-refractivity contribution < 1.29 is 45.8 Å². The van der Waals surface area contributed by atoms with E-state index in [1.54, 1.807) is 29.6 Å². The van der Waals surface area contributed by atoms with Crippen LogP contribution in [0.3, 0.4) is 0 Å². The van der Waals surface area contributed by atoms with Crippen molar-refractivity contribution in [2.24, 2.45) is 0 Å². The van der Waals surface area contributed by atoms with Gasteiger partial charge in [-0.1, -0.05) is 6.07 Å². The first-order valence-corrected chi connectivity index (χ1v) is 13.1. The summed E-state index contributed by atoms with van der Waals surface area (Å²) in [6, 6.07) is 13.9. The van der Waals surface area contributed by atoms with Crippen LogP contribution in [0.4, 0.5) is 34.6 Å². The van der Waals surface area contributed by atoms with Crippen molar-refractivity contribution in [3.63, 3.8) is 0 Å². The Morgan fingerprint density at radius 3 is 2.00 bits per heavy atom. The van der Waals surface area contributed by atoms with Crippen molar-refractivity contribution >= 4 is 50.4 Å². The Balaban J connectivity index is 0.000000505. The number of rotatable bonds is 6. The second-order valence-electron chi connectivity index (χ2n) is 7.83. The first kappa shape index (κ1) is 28.7. The number of anilines is 3. The monoisotopic (exact) mass is 575 g/mol. The zero-order valence-electron chi connectivity index (χ0n) is 19.4. The number of nitrogens with zero attached hydrogens (tertiary/aromatic N) is 2. The van der Waals surface area contributed by atoms with E-state index in [9.17, 15) is 35.9 Å². The lowest BCUT2D eigenvalue weighted by Gasteiger charge is -2.38. The molecule has 0 unspecified atom stereocenters. The summed E-state index contributed by atoms with van der Waals surface area (Å²) in [5, 5.41) is 18.1. The lowest BCUT2D eigenvalue weighted by Crippen LogP contribution is -2.46. The third kappa shape index (κ3) is 7.35. The number of hydrogen-bond acceptors (Lipinski definition) is 7. The molecule has 15 heteroatoms. The van der Waals surface area contributed by atoms with Crippen LogP contribution in [0.15, 0.2) is 64.2 Å². The summed E-state index contributed by atoms with van der Waals surface area (Å²) in [7, 11) is -3.83. The number of halogens is 4. The molecule has 38 heavy (non-hydrogen) atoms. The number of aromatic carboxylic acids is 1. The SMILES string of the molecule is O=C(O)C(F)(F)F.O=C(O)c1ccc(N2CCN(c3ccc(F)cc3)CC2)c(NS(=O)(=O)c2cccs2)c1. The summed E-state index contributed by atoms with van der Waals surface area (Å²) in [5.41, 5.74) is 1.76. The average Bonchev–Trinajstić information content (AvgIpc) is 3.41. The third-order valence-electron chi connectivity index (χ3n) is 5.30. The molecule has 0 spiro atoms. The number of benzene rings is 2. The molecule has 1 fully saturated rings. The number of piperazine rings is 1. The molecule has 1 aromatic heterocycles. The zero-order valence-corrected chi connectivity index (χ0v) is 21.0. The molecule has 0 radical (unpaired) electrons. The standard InChI is InChI=1S/C21H20FN3O4S2.C2HF3O2/c22-16-4-6-17(7-5-16)24-9-11-25(12-10-24)19-8-3-15(21(26)27)14-18(19)23-31(28,29)20-2-1-13-30-20;3-2(4,5)1(6)7/h1-8,13-14,23H,9-12H2,(H,26,27);(H,6,7). The Kier molecular flexibility index (Phi) is 8.83. The van der Waals surface area contributed by atoms with Gasteiger partial charge in [-0.25, -0.2) is 22.4 Å². The molecular formula is C23H21F4N3O6S2. The molecule has 4 rings (SSSR count). The number of sulfonamides is 1. The second kappa shape index (κ2) is 11.7. The van der Waals surface area contributed by atoms with E-state index < -0.39 is 28.1 Å². The predicted octanol–water partition coefficient (Wildman–Crippen LogP) is 4.35. The van der Waals surface area contributed by atoms with Gasteiger partial charge in [0.1, 0.15) is 10.0 Å². The maximum atomic E-state index is 13.2. The number of carboxylic acid groups (broad SMARTS) is 2. The fourth-order valence-corrected chi connectivity index (χ4v) is 5.55. The molecule has 0 atom stereocenters. The minimum absolute atomic E-state index is 0.00224. The van der Waals surface area contributed by atoms with Crippen LogP contribution in [0.25, 0.3) is 0 Å². The van der Waals surface area contributed by atoms with Crippen molar-refractivity contribution in [2.75, 3.05) is 40.7 Å². The normalized spacial score (nSPS) is 13.9. The van der Waals surface area contributed by atoms with Gasteiger partial charge in [-0.3, -0.25) is 4.72 Å².